The second kappa shape index (κ2) is 7.11. The summed E-state index contributed by atoms with van der Waals surface area (Å²) in [5.41, 5.74) is -0.675. The lowest BCUT2D eigenvalue weighted by Crippen LogP contribution is -2.45. The molecule has 0 rings (SSSR count). The van der Waals surface area contributed by atoms with E-state index in [-0.39, 0.29) is 18.9 Å². The zero-order chi connectivity index (χ0) is 15.2. The Morgan fingerprint density at radius 3 is 2.21 bits per heavy atom. The van der Waals surface area contributed by atoms with Crippen LogP contribution in [0.25, 0.3) is 0 Å². The Labute approximate surface area is 114 Å². The standard InChI is InChI=1S/C13H24N2O4/c1-6-9(2)15(5)12(19)14-10(16)7-13(3,4)8-11(17)18/h9H,6-8H2,1-5H3,(H,17,18)(H,14,16,19). The lowest BCUT2D eigenvalue weighted by atomic mass is 9.85. The van der Waals surface area contributed by atoms with Crippen LogP contribution in [0.1, 0.15) is 47.0 Å². The highest BCUT2D eigenvalue weighted by molar-refractivity contribution is 5.94. The van der Waals surface area contributed by atoms with Crippen molar-refractivity contribution in [3.05, 3.63) is 0 Å². The molecule has 0 saturated heterocycles. The van der Waals surface area contributed by atoms with Crippen molar-refractivity contribution in [2.75, 3.05) is 7.05 Å². The molecule has 1 atom stereocenters. The van der Waals surface area contributed by atoms with Gasteiger partial charge in [-0.25, -0.2) is 4.79 Å². The van der Waals surface area contributed by atoms with Crippen molar-refractivity contribution in [2.45, 2.75) is 53.0 Å². The van der Waals surface area contributed by atoms with Gasteiger partial charge in [0.05, 0.1) is 6.42 Å². The van der Waals surface area contributed by atoms with Crippen molar-refractivity contribution in [3.63, 3.8) is 0 Å². The number of imide groups is 1. The third kappa shape index (κ3) is 6.79. The first kappa shape index (κ1) is 17.4. The first-order valence-electron chi connectivity index (χ1n) is 6.37. The molecule has 0 aromatic heterocycles. The second-order valence-corrected chi connectivity index (χ2v) is 5.63. The number of amides is 3. The molecule has 110 valence electrons. The fourth-order valence-corrected chi connectivity index (χ4v) is 1.63. The number of hydrogen-bond donors (Lipinski definition) is 2. The number of aliphatic carboxylic acids is 1. The number of urea groups is 1. The van der Waals surface area contributed by atoms with E-state index in [0.29, 0.717) is 0 Å². The molecule has 3 amide bonds. The van der Waals surface area contributed by atoms with Crippen molar-refractivity contribution in [2.24, 2.45) is 5.41 Å². The van der Waals surface area contributed by atoms with Gasteiger partial charge in [0.2, 0.25) is 5.91 Å². The van der Waals surface area contributed by atoms with Gasteiger partial charge >= 0.3 is 12.0 Å². The first-order chi connectivity index (χ1) is 8.59. The van der Waals surface area contributed by atoms with Gasteiger partial charge in [-0.2, -0.15) is 0 Å². The molecule has 0 bridgehead atoms. The summed E-state index contributed by atoms with van der Waals surface area (Å²) < 4.78 is 0. The lowest BCUT2D eigenvalue weighted by Gasteiger charge is -2.25. The van der Waals surface area contributed by atoms with Gasteiger partial charge in [0.1, 0.15) is 0 Å². The molecular formula is C13H24N2O4. The molecule has 0 fully saturated rings. The lowest BCUT2D eigenvalue weighted by molar-refractivity contribution is -0.139. The third-order valence-corrected chi connectivity index (χ3v) is 3.09. The van der Waals surface area contributed by atoms with E-state index in [9.17, 15) is 14.4 Å². The van der Waals surface area contributed by atoms with Crippen molar-refractivity contribution in [1.29, 1.82) is 0 Å². The van der Waals surface area contributed by atoms with E-state index in [2.05, 4.69) is 5.32 Å². The van der Waals surface area contributed by atoms with Gasteiger partial charge in [0, 0.05) is 19.5 Å². The van der Waals surface area contributed by atoms with E-state index in [1.807, 2.05) is 13.8 Å². The van der Waals surface area contributed by atoms with Gasteiger partial charge in [0.15, 0.2) is 0 Å². The number of carbonyl (C=O) groups is 3. The number of rotatable bonds is 6. The molecule has 1 unspecified atom stereocenters. The van der Waals surface area contributed by atoms with Crippen LogP contribution in [0, 0.1) is 5.41 Å². The van der Waals surface area contributed by atoms with Crippen LogP contribution in [-0.2, 0) is 9.59 Å². The molecule has 6 nitrogen and oxygen atoms in total. The molecule has 6 heteroatoms. The highest BCUT2D eigenvalue weighted by atomic mass is 16.4. The van der Waals surface area contributed by atoms with E-state index in [0.717, 1.165) is 6.42 Å². The fourth-order valence-electron chi connectivity index (χ4n) is 1.63. The summed E-state index contributed by atoms with van der Waals surface area (Å²) in [4.78, 5) is 35.6. The van der Waals surface area contributed by atoms with Gasteiger partial charge in [-0.05, 0) is 18.8 Å². The zero-order valence-electron chi connectivity index (χ0n) is 12.3. The number of carboxylic acid groups (broad SMARTS) is 1. The largest absolute Gasteiger partial charge is 0.481 e. The number of carboxylic acids is 1. The monoisotopic (exact) mass is 272 g/mol. The van der Waals surface area contributed by atoms with Gasteiger partial charge in [-0.15, -0.1) is 0 Å². The number of nitrogens with one attached hydrogen (secondary N) is 1. The quantitative estimate of drug-likeness (QED) is 0.772. The molecule has 0 aliphatic heterocycles. The van der Waals surface area contributed by atoms with Crippen LogP contribution >= 0.6 is 0 Å². The predicted octanol–water partition coefficient (Wildman–Crippen LogP) is 1.84. The molecular weight excluding hydrogens is 248 g/mol. The molecule has 0 spiro atoms. The Bertz CT molecular complexity index is 353. The summed E-state index contributed by atoms with van der Waals surface area (Å²) >= 11 is 0. The number of hydrogen-bond acceptors (Lipinski definition) is 3. The van der Waals surface area contributed by atoms with Crippen LogP contribution in [0.5, 0.6) is 0 Å². The summed E-state index contributed by atoms with van der Waals surface area (Å²) in [7, 11) is 1.62. The molecule has 0 aliphatic carbocycles. The zero-order valence-corrected chi connectivity index (χ0v) is 12.3. The number of carbonyl (C=O) groups excluding carboxylic acids is 2. The van der Waals surface area contributed by atoms with Gasteiger partial charge < -0.3 is 10.0 Å². The van der Waals surface area contributed by atoms with Crippen molar-refractivity contribution >= 4 is 17.9 Å². The first-order valence-corrected chi connectivity index (χ1v) is 6.37. The Kier molecular flexibility index (Phi) is 6.52. The Morgan fingerprint density at radius 2 is 1.79 bits per heavy atom. The minimum Gasteiger partial charge on any atom is -0.481 e. The maximum absolute atomic E-state index is 11.7. The molecule has 0 aromatic carbocycles. The minimum absolute atomic E-state index is 0.000609. The summed E-state index contributed by atoms with van der Waals surface area (Å²) in [5, 5.41) is 11.0. The maximum Gasteiger partial charge on any atom is 0.324 e. The van der Waals surface area contributed by atoms with Gasteiger partial charge in [0.25, 0.3) is 0 Å². The van der Waals surface area contributed by atoms with Gasteiger partial charge in [-0.3, -0.25) is 14.9 Å². The third-order valence-electron chi connectivity index (χ3n) is 3.09. The molecule has 0 radical (unpaired) electrons. The van der Waals surface area contributed by atoms with E-state index < -0.39 is 23.3 Å². The number of nitrogens with zero attached hydrogens (tertiary/aromatic N) is 1. The Morgan fingerprint density at radius 1 is 1.26 bits per heavy atom. The van der Waals surface area contributed by atoms with E-state index in [1.165, 1.54) is 4.90 Å². The average Bonchev–Trinajstić information content (AvgIpc) is 2.23. The fraction of sp³-hybridized carbons (Fsp3) is 0.769. The topological polar surface area (TPSA) is 86.7 Å². The summed E-state index contributed by atoms with van der Waals surface area (Å²) in [6, 6.07) is -0.412. The van der Waals surface area contributed by atoms with Crippen LogP contribution < -0.4 is 5.32 Å². The van der Waals surface area contributed by atoms with Crippen molar-refractivity contribution in [3.8, 4) is 0 Å². The second-order valence-electron chi connectivity index (χ2n) is 5.63. The Hall–Kier alpha value is -1.59. The smallest absolute Gasteiger partial charge is 0.324 e. The molecule has 0 aliphatic rings. The minimum atomic E-state index is -0.958. The molecule has 0 heterocycles. The molecule has 0 aromatic rings. The summed E-state index contributed by atoms with van der Waals surface area (Å²) in [5.74, 6) is -1.41. The predicted molar refractivity (Wildman–Crippen MR) is 71.7 cm³/mol. The van der Waals surface area contributed by atoms with Crippen LogP contribution in [0.15, 0.2) is 0 Å². The highest BCUT2D eigenvalue weighted by Gasteiger charge is 2.26. The van der Waals surface area contributed by atoms with Crippen LogP contribution in [0.2, 0.25) is 0 Å². The maximum atomic E-state index is 11.7. The Balaban J connectivity index is 4.39. The van der Waals surface area contributed by atoms with Crippen LogP contribution in [0.4, 0.5) is 4.79 Å². The average molecular weight is 272 g/mol. The molecule has 19 heavy (non-hydrogen) atoms. The molecule has 0 saturated carbocycles. The van der Waals surface area contributed by atoms with E-state index in [1.54, 1.807) is 20.9 Å². The SMILES string of the molecule is CCC(C)N(C)C(=O)NC(=O)CC(C)(C)CC(=O)O. The van der Waals surface area contributed by atoms with Gasteiger partial charge in [-0.1, -0.05) is 20.8 Å². The summed E-state index contributed by atoms with van der Waals surface area (Å²) in [6.45, 7) is 7.21. The molecule has 2 N–H and O–H groups in total. The van der Waals surface area contributed by atoms with Crippen LogP contribution in [-0.4, -0.2) is 41.0 Å². The highest BCUT2D eigenvalue weighted by Crippen LogP contribution is 2.24. The van der Waals surface area contributed by atoms with Crippen LogP contribution in [0.3, 0.4) is 0 Å². The summed E-state index contributed by atoms with van der Waals surface area (Å²) in [6.07, 6.45) is 0.678. The van der Waals surface area contributed by atoms with Crippen molar-refractivity contribution in [1.82, 2.24) is 10.2 Å². The normalized spacial score (nSPS) is 12.7. The van der Waals surface area contributed by atoms with Crippen molar-refractivity contribution < 1.29 is 19.5 Å². The van der Waals surface area contributed by atoms with E-state index in [4.69, 9.17) is 5.11 Å². The van der Waals surface area contributed by atoms with E-state index >= 15 is 0 Å².